The first-order chi connectivity index (χ1) is 34.2. The monoisotopic (exact) mass is 878 g/mol. The average molecular weight is 879 g/mol. The smallest absolute Gasteiger partial charge is 0.0715 e. The van der Waals surface area contributed by atoms with E-state index < -0.39 is 0 Å². The Morgan fingerprint density at radius 3 is 1.07 bits per heavy atom. The van der Waals surface area contributed by atoms with Crippen molar-refractivity contribution in [2.75, 3.05) is 0 Å². The minimum absolute atomic E-state index is 0.944. The van der Waals surface area contributed by atoms with Crippen LogP contribution in [0.5, 0.6) is 0 Å². The van der Waals surface area contributed by atoms with Crippen LogP contribution in [0.2, 0.25) is 0 Å². The Bertz CT molecular complexity index is 3950. The number of nitrogens with zero attached hydrogens (tertiary/aromatic N) is 4. The minimum Gasteiger partial charge on any atom is -0.309 e. The van der Waals surface area contributed by atoms with Crippen LogP contribution in [0.3, 0.4) is 0 Å². The highest BCUT2D eigenvalue weighted by molar-refractivity contribution is 6.14. The number of hydrogen-bond donors (Lipinski definition) is 0. The minimum atomic E-state index is 0.944. The summed E-state index contributed by atoms with van der Waals surface area (Å²) in [4.78, 5) is 5.24. The summed E-state index contributed by atoms with van der Waals surface area (Å²) in [6, 6.07) is 92.3. The maximum Gasteiger partial charge on any atom is 0.0715 e. The number of rotatable bonds is 7. The molecule has 0 aliphatic heterocycles. The van der Waals surface area contributed by atoms with Crippen molar-refractivity contribution in [1.82, 2.24) is 18.7 Å². The molecule has 322 valence electrons. The van der Waals surface area contributed by atoms with Gasteiger partial charge in [0, 0.05) is 60.5 Å². The molecule has 10 aromatic carbocycles. The van der Waals surface area contributed by atoms with Crippen LogP contribution >= 0.6 is 0 Å². The van der Waals surface area contributed by atoms with Gasteiger partial charge in [0.15, 0.2) is 0 Å². The number of pyridine rings is 1. The molecule has 0 aliphatic rings. The Kier molecular flexibility index (Phi) is 8.86. The first-order valence-corrected chi connectivity index (χ1v) is 23.6. The predicted octanol–water partition coefficient (Wildman–Crippen LogP) is 17.0. The Balaban J connectivity index is 0.918. The van der Waals surface area contributed by atoms with Crippen LogP contribution in [0, 0.1) is 0 Å². The van der Waals surface area contributed by atoms with Gasteiger partial charge in [-0.25, -0.2) is 4.98 Å². The van der Waals surface area contributed by atoms with E-state index in [-0.39, 0.29) is 0 Å². The summed E-state index contributed by atoms with van der Waals surface area (Å²) in [5, 5.41) is 7.41. The largest absolute Gasteiger partial charge is 0.309 e. The van der Waals surface area contributed by atoms with Crippen molar-refractivity contribution in [1.29, 1.82) is 0 Å². The summed E-state index contributed by atoms with van der Waals surface area (Å²) >= 11 is 0. The molecule has 69 heavy (non-hydrogen) atoms. The lowest BCUT2D eigenvalue weighted by Gasteiger charge is -2.13. The van der Waals surface area contributed by atoms with Crippen LogP contribution in [-0.2, 0) is 0 Å². The Hall–Kier alpha value is -9.25. The molecule has 0 unspecified atom stereocenters. The van der Waals surface area contributed by atoms with E-state index in [0.717, 1.165) is 67.3 Å². The SMILES string of the molecule is c1ccc(-c2cc(-c3ccccc3)nc(-c3cccc(-c4ccc(-n5c6ccc(-n7c8ccccc8c8ccccc87)cc6c6cc(-n7c8ccccc8c8ccccc87)ccc65)cc4)c3)c2)cc1. The lowest BCUT2D eigenvalue weighted by Crippen LogP contribution is -1.96. The first kappa shape index (κ1) is 39.0. The second kappa shape index (κ2) is 15.7. The predicted molar refractivity (Wildman–Crippen MR) is 289 cm³/mol. The molecule has 0 bridgehead atoms. The summed E-state index contributed by atoms with van der Waals surface area (Å²) in [6.07, 6.45) is 0. The third kappa shape index (κ3) is 6.34. The summed E-state index contributed by atoms with van der Waals surface area (Å²) in [6.45, 7) is 0. The van der Waals surface area contributed by atoms with Crippen LogP contribution < -0.4 is 0 Å². The summed E-state index contributed by atoms with van der Waals surface area (Å²) in [5.74, 6) is 0. The molecule has 0 aliphatic carbocycles. The highest BCUT2D eigenvalue weighted by atomic mass is 15.0. The van der Waals surface area contributed by atoms with Crippen molar-refractivity contribution in [2.24, 2.45) is 0 Å². The topological polar surface area (TPSA) is 27.7 Å². The van der Waals surface area contributed by atoms with Gasteiger partial charge in [0.25, 0.3) is 0 Å². The molecule has 0 atom stereocenters. The third-order valence-electron chi connectivity index (χ3n) is 14.0. The molecule has 0 amide bonds. The van der Waals surface area contributed by atoms with E-state index in [1.54, 1.807) is 0 Å². The molecule has 0 N–H and O–H groups in total. The lowest BCUT2D eigenvalue weighted by molar-refractivity contribution is 1.16. The maximum absolute atomic E-state index is 5.24. The van der Waals surface area contributed by atoms with E-state index in [1.807, 2.05) is 0 Å². The van der Waals surface area contributed by atoms with Gasteiger partial charge in [0.2, 0.25) is 0 Å². The lowest BCUT2D eigenvalue weighted by atomic mass is 9.98. The zero-order chi connectivity index (χ0) is 45.4. The number of aromatic nitrogens is 4. The van der Waals surface area contributed by atoms with Crippen LogP contribution in [0.25, 0.3) is 127 Å². The molecular formula is C65H42N4. The zero-order valence-electron chi connectivity index (χ0n) is 37.5. The van der Waals surface area contributed by atoms with Crippen molar-refractivity contribution >= 4 is 65.4 Å². The van der Waals surface area contributed by atoms with Crippen LogP contribution in [0.1, 0.15) is 0 Å². The van der Waals surface area contributed by atoms with Gasteiger partial charge in [0.05, 0.1) is 44.5 Å². The van der Waals surface area contributed by atoms with Crippen LogP contribution in [0.4, 0.5) is 0 Å². The summed E-state index contributed by atoms with van der Waals surface area (Å²) in [7, 11) is 0. The van der Waals surface area contributed by atoms with Crippen molar-refractivity contribution in [3.05, 3.63) is 255 Å². The highest BCUT2D eigenvalue weighted by Gasteiger charge is 2.19. The fraction of sp³-hybridized carbons (Fsp3) is 0. The molecule has 0 fully saturated rings. The highest BCUT2D eigenvalue weighted by Crippen LogP contribution is 2.40. The van der Waals surface area contributed by atoms with Crippen molar-refractivity contribution in [3.8, 4) is 61.8 Å². The van der Waals surface area contributed by atoms with Gasteiger partial charge >= 0.3 is 0 Å². The molecule has 14 rings (SSSR count). The molecule has 0 radical (unpaired) electrons. The molecule has 0 spiro atoms. The van der Waals surface area contributed by atoms with E-state index in [0.29, 0.717) is 0 Å². The van der Waals surface area contributed by atoms with E-state index in [1.165, 1.54) is 59.9 Å². The number of hydrogen-bond acceptors (Lipinski definition) is 1. The van der Waals surface area contributed by atoms with Crippen LogP contribution in [-0.4, -0.2) is 18.7 Å². The van der Waals surface area contributed by atoms with Gasteiger partial charge < -0.3 is 13.7 Å². The molecule has 0 saturated heterocycles. The molecule has 14 aromatic rings. The Morgan fingerprint density at radius 2 is 0.565 bits per heavy atom. The molecule has 4 nitrogen and oxygen atoms in total. The molecular weight excluding hydrogens is 837 g/mol. The number of fused-ring (bicyclic) bond motifs is 9. The average Bonchev–Trinajstić information content (AvgIpc) is 4.06. The quantitative estimate of drug-likeness (QED) is 0.157. The summed E-state index contributed by atoms with van der Waals surface area (Å²) in [5.41, 5.74) is 19.1. The van der Waals surface area contributed by atoms with E-state index in [9.17, 15) is 0 Å². The standard InChI is InChI=1S/C65H42N4/c1-3-16-43(17-4-1)48-39-58(45-18-5-2-6-19-45)66-59(40-48)47-21-15-20-46(38-47)44-30-32-49(33-31-44)67-64-36-34-50(68-60-26-11-7-22-52(60)53-23-8-12-27-61(53)68)41-56(64)57-42-51(35-37-65(57)67)69-62-28-13-9-24-54(62)55-25-10-14-29-63(55)69/h1-42H. The maximum atomic E-state index is 5.24. The van der Waals surface area contributed by atoms with Crippen molar-refractivity contribution in [3.63, 3.8) is 0 Å². The van der Waals surface area contributed by atoms with Gasteiger partial charge in [0.1, 0.15) is 0 Å². The molecule has 4 heterocycles. The van der Waals surface area contributed by atoms with Gasteiger partial charge in [-0.15, -0.1) is 0 Å². The molecule has 4 aromatic heterocycles. The number of benzene rings is 10. The van der Waals surface area contributed by atoms with Gasteiger partial charge in [-0.2, -0.15) is 0 Å². The Morgan fingerprint density at radius 1 is 0.203 bits per heavy atom. The normalized spacial score (nSPS) is 11.8. The summed E-state index contributed by atoms with van der Waals surface area (Å²) < 4.78 is 7.27. The Labute approximate surface area is 398 Å². The second-order valence-corrected chi connectivity index (χ2v) is 18.0. The molecule has 0 saturated carbocycles. The van der Waals surface area contributed by atoms with E-state index >= 15 is 0 Å². The van der Waals surface area contributed by atoms with Crippen molar-refractivity contribution < 1.29 is 0 Å². The van der Waals surface area contributed by atoms with Crippen molar-refractivity contribution in [2.45, 2.75) is 0 Å². The van der Waals surface area contributed by atoms with E-state index in [4.69, 9.17) is 4.98 Å². The van der Waals surface area contributed by atoms with Gasteiger partial charge in [-0.05, 0) is 113 Å². The fourth-order valence-corrected chi connectivity index (χ4v) is 10.9. The first-order valence-electron chi connectivity index (χ1n) is 23.6. The van der Waals surface area contributed by atoms with Gasteiger partial charge in [-0.3, -0.25) is 0 Å². The van der Waals surface area contributed by atoms with Gasteiger partial charge in [-0.1, -0.05) is 164 Å². The number of para-hydroxylation sites is 4. The van der Waals surface area contributed by atoms with E-state index in [2.05, 4.69) is 268 Å². The third-order valence-corrected chi connectivity index (χ3v) is 14.0. The molecule has 4 heteroatoms. The fourth-order valence-electron chi connectivity index (χ4n) is 10.9. The zero-order valence-corrected chi connectivity index (χ0v) is 37.5. The van der Waals surface area contributed by atoms with Crippen LogP contribution in [0.15, 0.2) is 255 Å². The second-order valence-electron chi connectivity index (χ2n) is 18.0.